The second-order valence-corrected chi connectivity index (χ2v) is 4.96. The maximum Gasteiger partial charge on any atom is 0.433 e. The van der Waals surface area contributed by atoms with Crippen molar-refractivity contribution in [2.75, 3.05) is 0 Å². The van der Waals surface area contributed by atoms with Gasteiger partial charge in [0.25, 0.3) is 11.6 Å². The van der Waals surface area contributed by atoms with Crippen LogP contribution in [0.3, 0.4) is 0 Å². The molecule has 0 aliphatic rings. The topological polar surface area (TPSA) is 125 Å². The molecule has 9 heteroatoms. The number of furan rings is 1. The third-order valence-corrected chi connectivity index (χ3v) is 3.56. The molecule has 2 heterocycles. The Kier molecular flexibility index (Phi) is 2.82. The van der Waals surface area contributed by atoms with E-state index in [1.807, 2.05) is 0 Å². The molecule has 0 spiro atoms. The van der Waals surface area contributed by atoms with Gasteiger partial charge >= 0.3 is 5.88 Å². The zero-order valence-electron chi connectivity index (χ0n) is 11.8. The summed E-state index contributed by atoms with van der Waals surface area (Å²) in [7, 11) is 0. The zero-order chi connectivity index (χ0) is 16.8. The van der Waals surface area contributed by atoms with Crippen molar-refractivity contribution >= 4 is 33.4 Å². The van der Waals surface area contributed by atoms with Crippen molar-refractivity contribution in [2.45, 2.75) is 0 Å². The lowest BCUT2D eigenvalue weighted by Crippen LogP contribution is -1.89. The molecule has 0 aliphatic carbocycles. The Morgan fingerprint density at radius 3 is 2.33 bits per heavy atom. The number of hydrogen-bond acceptors (Lipinski definition) is 7. The highest BCUT2D eigenvalue weighted by molar-refractivity contribution is 6.08. The van der Waals surface area contributed by atoms with Gasteiger partial charge in [0.2, 0.25) is 0 Å². The van der Waals surface area contributed by atoms with Crippen LogP contribution in [0.2, 0.25) is 0 Å². The normalized spacial score (nSPS) is 11.2. The Morgan fingerprint density at radius 2 is 1.67 bits per heavy atom. The zero-order valence-corrected chi connectivity index (χ0v) is 11.8. The fraction of sp³-hybridized carbons (Fsp3) is 0. The maximum atomic E-state index is 11.3. The van der Waals surface area contributed by atoms with Crippen molar-refractivity contribution in [1.29, 1.82) is 0 Å². The molecule has 2 aromatic heterocycles. The molecule has 0 N–H and O–H groups in total. The van der Waals surface area contributed by atoms with Crippen molar-refractivity contribution in [2.24, 2.45) is 0 Å². The number of nitro benzene ring substituents is 1. The van der Waals surface area contributed by atoms with Gasteiger partial charge in [-0.15, -0.1) is 0 Å². The molecule has 0 saturated heterocycles. The molecule has 24 heavy (non-hydrogen) atoms. The predicted molar refractivity (Wildman–Crippen MR) is 82.5 cm³/mol. The van der Waals surface area contributed by atoms with Crippen LogP contribution in [-0.4, -0.2) is 14.8 Å². The van der Waals surface area contributed by atoms with E-state index in [2.05, 4.69) is 4.98 Å². The summed E-state index contributed by atoms with van der Waals surface area (Å²) in [5.74, 6) is -0.350. The Bertz CT molecular complexity index is 1130. The predicted octanol–water partition coefficient (Wildman–Crippen LogP) is 4.06. The van der Waals surface area contributed by atoms with Crippen LogP contribution in [0.4, 0.5) is 11.6 Å². The summed E-state index contributed by atoms with van der Waals surface area (Å²) in [5.41, 5.74) is 0.519. The van der Waals surface area contributed by atoms with Crippen molar-refractivity contribution in [3.8, 4) is 11.7 Å². The lowest BCUT2D eigenvalue weighted by molar-refractivity contribution is -0.401. The van der Waals surface area contributed by atoms with E-state index in [0.29, 0.717) is 16.3 Å². The first-order chi connectivity index (χ1) is 11.5. The molecule has 4 aromatic rings. The summed E-state index contributed by atoms with van der Waals surface area (Å²) < 4.78 is 10.6. The van der Waals surface area contributed by atoms with Gasteiger partial charge in [-0.3, -0.25) is 20.2 Å². The molecule has 0 bridgehead atoms. The van der Waals surface area contributed by atoms with Crippen LogP contribution in [0, 0.1) is 20.2 Å². The second-order valence-electron chi connectivity index (χ2n) is 4.96. The number of oxazole rings is 1. The Hall–Kier alpha value is -3.75. The van der Waals surface area contributed by atoms with Crippen molar-refractivity contribution in [3.05, 3.63) is 62.7 Å². The van der Waals surface area contributed by atoms with Crippen LogP contribution >= 0.6 is 0 Å². The van der Waals surface area contributed by atoms with E-state index in [1.165, 1.54) is 18.2 Å². The number of nitrogens with zero attached hydrogens (tertiary/aromatic N) is 3. The summed E-state index contributed by atoms with van der Waals surface area (Å²) in [6.07, 6.45) is 0. The fourth-order valence-electron chi connectivity index (χ4n) is 2.53. The molecule has 0 radical (unpaired) electrons. The average Bonchev–Trinajstić information content (AvgIpc) is 3.20. The van der Waals surface area contributed by atoms with Crippen molar-refractivity contribution in [3.63, 3.8) is 0 Å². The Balaban J connectivity index is 1.99. The number of hydrogen-bond donors (Lipinski definition) is 0. The minimum Gasteiger partial charge on any atom is -0.433 e. The highest BCUT2D eigenvalue weighted by Crippen LogP contribution is 2.36. The number of benzene rings is 2. The Labute approximate surface area is 132 Å². The number of rotatable bonds is 3. The average molecular weight is 325 g/mol. The smallest absolute Gasteiger partial charge is 0.433 e. The molecule has 0 fully saturated rings. The summed E-state index contributed by atoms with van der Waals surface area (Å²) in [6, 6.07) is 10.6. The Morgan fingerprint density at radius 1 is 0.917 bits per heavy atom. The third kappa shape index (κ3) is 1.99. The minimum atomic E-state index is -0.674. The van der Waals surface area contributed by atoms with Gasteiger partial charge < -0.3 is 8.83 Å². The molecular formula is C15H7N3O6. The first-order valence-corrected chi connectivity index (χ1v) is 6.76. The van der Waals surface area contributed by atoms with Gasteiger partial charge in [-0.05, 0) is 12.1 Å². The highest BCUT2D eigenvalue weighted by atomic mass is 16.6. The summed E-state index contributed by atoms with van der Waals surface area (Å²) in [6.45, 7) is 0. The van der Waals surface area contributed by atoms with E-state index in [0.717, 1.165) is 0 Å². The van der Waals surface area contributed by atoms with Gasteiger partial charge in [-0.1, -0.05) is 18.2 Å². The van der Waals surface area contributed by atoms with E-state index in [-0.39, 0.29) is 22.9 Å². The first-order valence-electron chi connectivity index (χ1n) is 6.76. The molecule has 2 aromatic carbocycles. The molecular weight excluding hydrogens is 318 g/mol. The highest BCUT2D eigenvalue weighted by Gasteiger charge is 2.22. The molecule has 0 aliphatic heterocycles. The second kappa shape index (κ2) is 4.88. The third-order valence-electron chi connectivity index (χ3n) is 3.56. The molecule has 4 rings (SSSR count). The quantitative estimate of drug-likeness (QED) is 0.410. The SMILES string of the molecule is O=[N+]([O-])c1ccc(-c2nc3c(cc([N+](=O)[O-])c4ccccc43)o2)o1. The van der Waals surface area contributed by atoms with Gasteiger partial charge in [-0.25, -0.2) is 4.98 Å². The van der Waals surface area contributed by atoms with Gasteiger partial charge in [0.05, 0.1) is 22.4 Å². The van der Waals surface area contributed by atoms with E-state index >= 15 is 0 Å². The molecule has 0 amide bonds. The van der Waals surface area contributed by atoms with Crippen molar-refractivity contribution < 1.29 is 18.7 Å². The molecule has 0 saturated carbocycles. The van der Waals surface area contributed by atoms with Crippen LogP contribution < -0.4 is 0 Å². The van der Waals surface area contributed by atoms with Gasteiger partial charge in [-0.2, -0.15) is 0 Å². The number of fused-ring (bicyclic) bond motifs is 3. The van der Waals surface area contributed by atoms with Crippen LogP contribution in [0.25, 0.3) is 33.5 Å². The van der Waals surface area contributed by atoms with Gasteiger partial charge in [0.15, 0.2) is 11.3 Å². The molecule has 9 nitrogen and oxygen atoms in total. The van der Waals surface area contributed by atoms with Gasteiger partial charge in [0.1, 0.15) is 10.4 Å². The van der Waals surface area contributed by atoms with Gasteiger partial charge in [0, 0.05) is 5.39 Å². The van der Waals surface area contributed by atoms with E-state index in [1.54, 1.807) is 24.3 Å². The van der Waals surface area contributed by atoms with Crippen LogP contribution in [0.1, 0.15) is 0 Å². The van der Waals surface area contributed by atoms with Crippen LogP contribution in [0.15, 0.2) is 51.3 Å². The van der Waals surface area contributed by atoms with Crippen LogP contribution in [0.5, 0.6) is 0 Å². The van der Waals surface area contributed by atoms with Crippen LogP contribution in [-0.2, 0) is 0 Å². The summed E-state index contributed by atoms with van der Waals surface area (Å²) in [4.78, 5) is 25.1. The monoisotopic (exact) mass is 325 g/mol. The number of aromatic nitrogens is 1. The first kappa shape index (κ1) is 13.9. The largest absolute Gasteiger partial charge is 0.433 e. The summed E-state index contributed by atoms with van der Waals surface area (Å²) in [5, 5.41) is 22.9. The van der Waals surface area contributed by atoms with E-state index < -0.39 is 15.7 Å². The summed E-state index contributed by atoms with van der Waals surface area (Å²) >= 11 is 0. The fourth-order valence-corrected chi connectivity index (χ4v) is 2.53. The minimum absolute atomic E-state index is 0.0174. The van der Waals surface area contributed by atoms with E-state index in [9.17, 15) is 20.2 Å². The molecule has 118 valence electrons. The standard InChI is InChI=1S/C15H7N3O6/c19-17(20)10-7-12-14(9-4-2-1-3-8(9)10)16-15(24-12)11-5-6-13(23-11)18(21)22/h1-7H. The number of nitro groups is 2. The maximum absolute atomic E-state index is 11.3. The van der Waals surface area contributed by atoms with Crippen molar-refractivity contribution in [1.82, 2.24) is 4.98 Å². The molecule has 0 atom stereocenters. The molecule has 0 unspecified atom stereocenters. The lowest BCUT2D eigenvalue weighted by atomic mass is 10.1. The van der Waals surface area contributed by atoms with E-state index in [4.69, 9.17) is 8.83 Å². The lowest BCUT2D eigenvalue weighted by Gasteiger charge is -1.99. The number of non-ortho nitro benzene ring substituents is 1.